The molecule has 0 radical (unpaired) electrons. The molecule has 7 rings (SSSR count). The lowest BCUT2D eigenvalue weighted by atomic mass is 9.92. The maximum Gasteiger partial charge on any atom is 0.412 e. The van der Waals surface area contributed by atoms with Crippen LogP contribution in [0.1, 0.15) is 74.4 Å². The number of carbonyl (C=O) groups excluding carboxylic acids is 1. The van der Waals surface area contributed by atoms with Gasteiger partial charge >= 0.3 is 6.09 Å². The summed E-state index contributed by atoms with van der Waals surface area (Å²) < 4.78 is 51.9. The summed E-state index contributed by atoms with van der Waals surface area (Å²) in [6, 6.07) is 41.7. The van der Waals surface area contributed by atoms with Crippen LogP contribution in [-0.4, -0.2) is 71.1 Å². The molecule has 11 nitrogen and oxygen atoms in total. The van der Waals surface area contributed by atoms with Gasteiger partial charge in [-0.1, -0.05) is 126 Å². The number of benzene rings is 4. The molecule has 0 aliphatic carbocycles. The van der Waals surface area contributed by atoms with Crippen molar-refractivity contribution in [2.75, 3.05) is 13.2 Å². The number of hydrogen-bond donors (Lipinski definition) is 0. The zero-order valence-electron chi connectivity index (χ0n) is 34.6. The van der Waals surface area contributed by atoms with E-state index in [9.17, 15) is 4.79 Å². The van der Waals surface area contributed by atoms with Gasteiger partial charge in [0.1, 0.15) is 53.3 Å². The van der Waals surface area contributed by atoms with Crippen molar-refractivity contribution < 1.29 is 42.5 Å². The first kappa shape index (κ1) is 42.3. The van der Waals surface area contributed by atoms with Gasteiger partial charge in [-0.3, -0.25) is 4.90 Å². The van der Waals surface area contributed by atoms with Gasteiger partial charge in [0.2, 0.25) is 0 Å². The van der Waals surface area contributed by atoms with E-state index in [-0.39, 0.29) is 12.6 Å². The average Bonchev–Trinajstić information content (AvgIpc) is 3.82. The van der Waals surface area contributed by atoms with E-state index in [0.717, 1.165) is 22.3 Å². The molecule has 1 aromatic heterocycles. The molecule has 2 aliphatic heterocycles. The van der Waals surface area contributed by atoms with Crippen molar-refractivity contribution in [3.63, 3.8) is 0 Å². The molecule has 11 heteroatoms. The van der Waals surface area contributed by atoms with Crippen LogP contribution in [0.15, 0.2) is 132 Å². The average molecular weight is 805 g/mol. The van der Waals surface area contributed by atoms with Crippen molar-refractivity contribution in [1.82, 2.24) is 10.1 Å². The molecule has 0 spiro atoms. The number of amides is 1. The minimum absolute atomic E-state index is 0.214. The predicted octanol–water partition coefficient (Wildman–Crippen LogP) is 9.00. The summed E-state index contributed by atoms with van der Waals surface area (Å²) in [4.78, 5) is 15.1. The highest BCUT2D eigenvalue weighted by Crippen LogP contribution is 2.39. The van der Waals surface area contributed by atoms with Gasteiger partial charge in [-0.15, -0.1) is 0 Å². The molecule has 0 N–H and O–H groups in total. The predicted molar refractivity (Wildman–Crippen MR) is 221 cm³/mol. The van der Waals surface area contributed by atoms with Gasteiger partial charge in [0.05, 0.1) is 45.7 Å². The number of hydrogen-bond acceptors (Lipinski definition) is 10. The maximum atomic E-state index is 13.5. The van der Waals surface area contributed by atoms with Gasteiger partial charge in [0.15, 0.2) is 0 Å². The maximum absolute atomic E-state index is 13.5. The Morgan fingerprint density at radius 3 is 1.73 bits per heavy atom. The van der Waals surface area contributed by atoms with E-state index in [1.165, 1.54) is 0 Å². The largest absolute Gasteiger partial charge is 0.444 e. The molecule has 4 aromatic carbocycles. The molecule has 0 unspecified atom stereocenters. The normalized spacial score (nSPS) is 23.0. The first-order chi connectivity index (χ1) is 28.5. The van der Waals surface area contributed by atoms with E-state index in [1.54, 1.807) is 4.90 Å². The van der Waals surface area contributed by atoms with E-state index in [4.69, 9.17) is 37.7 Å². The highest BCUT2D eigenvalue weighted by Gasteiger charge is 2.51. The van der Waals surface area contributed by atoms with Gasteiger partial charge in [-0.25, -0.2) is 4.79 Å². The van der Waals surface area contributed by atoms with E-state index in [0.29, 0.717) is 50.9 Å². The Balaban J connectivity index is 1.21. The van der Waals surface area contributed by atoms with Crippen LogP contribution in [-0.2, 0) is 66.0 Å². The Morgan fingerprint density at radius 1 is 0.712 bits per heavy atom. The lowest BCUT2D eigenvalue weighted by Crippen LogP contribution is -2.58. The SMILES string of the molecule is CC(C)(C)OC(=O)N1[C@@H](Cc2cc([C@@H]3O[C@H](COCc4ccccc4)[C@@H](OCc4ccccc4)[C@H](OCc4ccccc4)[C@H]3OCc3ccccc3)no2)COC1(C)C. The van der Waals surface area contributed by atoms with Crippen LogP contribution in [0.5, 0.6) is 0 Å². The van der Waals surface area contributed by atoms with Crippen molar-refractivity contribution in [3.05, 3.63) is 161 Å². The molecule has 2 fully saturated rings. The van der Waals surface area contributed by atoms with Crippen molar-refractivity contribution in [1.29, 1.82) is 0 Å². The summed E-state index contributed by atoms with van der Waals surface area (Å²) in [6.45, 7) is 11.1. The van der Waals surface area contributed by atoms with Crippen molar-refractivity contribution in [3.8, 4) is 0 Å². The fourth-order valence-corrected chi connectivity index (χ4v) is 7.53. The minimum Gasteiger partial charge on any atom is -0.444 e. The van der Waals surface area contributed by atoms with Crippen LogP contribution < -0.4 is 0 Å². The molecule has 6 atom stereocenters. The number of ether oxygens (including phenoxy) is 7. The molecule has 5 aromatic rings. The first-order valence-corrected chi connectivity index (χ1v) is 20.4. The first-order valence-electron chi connectivity index (χ1n) is 20.4. The van der Waals surface area contributed by atoms with Gasteiger partial charge in [-0.2, -0.15) is 0 Å². The summed E-state index contributed by atoms with van der Waals surface area (Å²) in [7, 11) is 0. The highest BCUT2D eigenvalue weighted by atomic mass is 16.6. The molecular formula is C48H56N2O9. The molecular weight excluding hydrogens is 749 g/mol. The standard InChI is InChI=1S/C48H56N2O9/c1-47(2,3)58-46(51)50-38(32-56-48(50,4)5)26-39-27-40(49-59-39)42-44(54-30-36-22-14-8-15-23-36)45(55-31-37-24-16-9-17-25-37)43(53-29-35-20-12-7-13-21-35)41(57-42)33-52-28-34-18-10-6-11-19-34/h6-25,27,38,41-45H,26,28-33H2,1-5H3/t38-,41+,42-,43+,44-,45-/m0/s1. The molecule has 59 heavy (non-hydrogen) atoms. The fourth-order valence-electron chi connectivity index (χ4n) is 7.53. The minimum atomic E-state index is -0.871. The van der Waals surface area contributed by atoms with Gasteiger partial charge < -0.3 is 37.7 Å². The quantitative estimate of drug-likeness (QED) is 0.0959. The second-order valence-corrected chi connectivity index (χ2v) is 16.6. The fraction of sp³-hybridized carbons (Fsp3) is 0.417. The monoisotopic (exact) mass is 804 g/mol. The lowest BCUT2D eigenvalue weighted by molar-refractivity contribution is -0.276. The molecule has 0 saturated carbocycles. The van der Waals surface area contributed by atoms with Crippen LogP contribution in [0, 0.1) is 0 Å². The Morgan fingerprint density at radius 2 is 1.20 bits per heavy atom. The Kier molecular flexibility index (Phi) is 13.9. The van der Waals surface area contributed by atoms with Crippen LogP contribution in [0.4, 0.5) is 4.79 Å². The van der Waals surface area contributed by atoms with Crippen LogP contribution in [0.2, 0.25) is 0 Å². The molecule has 2 aliphatic rings. The van der Waals surface area contributed by atoms with Crippen molar-refractivity contribution in [2.45, 2.75) is 115 Å². The van der Waals surface area contributed by atoms with Gasteiger partial charge in [0.25, 0.3) is 0 Å². The smallest absolute Gasteiger partial charge is 0.412 e. The Labute approximate surface area is 347 Å². The van der Waals surface area contributed by atoms with E-state index in [2.05, 4.69) is 5.16 Å². The Bertz CT molecular complexity index is 2020. The molecule has 3 heterocycles. The van der Waals surface area contributed by atoms with E-state index in [1.807, 2.05) is 162 Å². The van der Waals surface area contributed by atoms with Gasteiger partial charge in [-0.05, 0) is 56.9 Å². The number of nitrogens with zero attached hydrogens (tertiary/aromatic N) is 2. The zero-order valence-corrected chi connectivity index (χ0v) is 34.6. The summed E-state index contributed by atoms with van der Waals surface area (Å²) in [6.07, 6.45) is -3.34. The van der Waals surface area contributed by atoms with E-state index >= 15 is 0 Å². The van der Waals surface area contributed by atoms with Gasteiger partial charge in [0, 0.05) is 12.5 Å². The molecule has 1 amide bonds. The summed E-state index contributed by atoms with van der Waals surface area (Å²) >= 11 is 0. The number of aromatic nitrogens is 1. The third-order valence-electron chi connectivity index (χ3n) is 10.4. The highest BCUT2D eigenvalue weighted by molar-refractivity contribution is 5.69. The lowest BCUT2D eigenvalue weighted by Gasteiger charge is -2.45. The molecule has 0 bridgehead atoms. The topological polar surface area (TPSA) is 111 Å². The Hall–Kier alpha value is -4.88. The number of carbonyl (C=O) groups is 1. The van der Waals surface area contributed by atoms with Crippen molar-refractivity contribution in [2.24, 2.45) is 0 Å². The number of rotatable bonds is 16. The summed E-state index contributed by atoms with van der Waals surface area (Å²) in [5.41, 5.74) is 3.06. The van der Waals surface area contributed by atoms with Crippen LogP contribution >= 0.6 is 0 Å². The second-order valence-electron chi connectivity index (χ2n) is 16.6. The van der Waals surface area contributed by atoms with Crippen molar-refractivity contribution >= 4 is 6.09 Å². The van der Waals surface area contributed by atoms with E-state index < -0.39 is 47.9 Å². The molecule has 312 valence electrons. The van der Waals surface area contributed by atoms with Crippen LogP contribution in [0.25, 0.3) is 0 Å². The molecule has 2 saturated heterocycles. The zero-order chi connectivity index (χ0) is 41.2. The third kappa shape index (κ3) is 11.4. The second kappa shape index (κ2) is 19.5. The summed E-state index contributed by atoms with van der Waals surface area (Å²) in [5.74, 6) is 0.561. The third-order valence-corrected chi connectivity index (χ3v) is 10.4. The summed E-state index contributed by atoms with van der Waals surface area (Å²) in [5, 5.41) is 4.59. The van der Waals surface area contributed by atoms with Crippen LogP contribution in [0.3, 0.4) is 0 Å².